The number of ether oxygens (including phenoxy) is 1. The van der Waals surface area contributed by atoms with E-state index in [9.17, 15) is 9.18 Å². The molecule has 0 bridgehead atoms. The third kappa shape index (κ3) is 4.47. The zero-order valence-electron chi connectivity index (χ0n) is 12.7. The Morgan fingerprint density at radius 2 is 2.04 bits per heavy atom. The number of benzene rings is 2. The van der Waals surface area contributed by atoms with Crippen molar-refractivity contribution in [1.82, 2.24) is 5.32 Å². The first-order chi connectivity index (χ1) is 11.0. The van der Waals surface area contributed by atoms with Crippen LogP contribution in [0.2, 0.25) is 5.02 Å². The Labute approximate surface area is 138 Å². The third-order valence-electron chi connectivity index (χ3n) is 3.11. The third-order valence-corrected chi connectivity index (χ3v) is 3.52. The van der Waals surface area contributed by atoms with Gasteiger partial charge in [-0.3, -0.25) is 0 Å². The smallest absolute Gasteiger partial charge is 0.323 e. The van der Waals surface area contributed by atoms with Gasteiger partial charge in [-0.25, -0.2) is 9.18 Å². The fourth-order valence-corrected chi connectivity index (χ4v) is 2.06. The minimum absolute atomic E-state index is 0.360. The minimum atomic E-state index is -0.474. The van der Waals surface area contributed by atoms with Gasteiger partial charge in [0, 0.05) is 22.9 Å². The van der Waals surface area contributed by atoms with E-state index in [2.05, 4.69) is 10.6 Å². The van der Waals surface area contributed by atoms with Gasteiger partial charge in [0.25, 0.3) is 0 Å². The molecule has 0 radical (unpaired) electrons. The number of nitrogens with one attached hydrogen (secondary N) is 2. The summed E-state index contributed by atoms with van der Waals surface area (Å²) >= 11 is 6.01. The van der Waals surface area contributed by atoms with Gasteiger partial charge >= 0.3 is 6.03 Å². The average molecular weight is 335 g/mol. The molecule has 4 nitrogen and oxygen atoms in total. The average Bonchev–Trinajstić information content (AvgIpc) is 2.52. The molecule has 2 aromatic rings. The fourth-order valence-electron chi connectivity index (χ4n) is 1.91. The second kappa shape index (κ2) is 7.65. The predicted molar refractivity (Wildman–Crippen MR) is 90.3 cm³/mol. The number of amides is 2. The highest BCUT2D eigenvalue weighted by Gasteiger charge is 2.09. The Morgan fingerprint density at radius 1 is 1.30 bits per heavy atom. The number of carbonyl (C=O) groups is 1. The van der Waals surface area contributed by atoms with E-state index in [4.69, 9.17) is 16.3 Å². The highest BCUT2D eigenvalue weighted by atomic mass is 35.5. The first kappa shape index (κ1) is 16.8. The van der Waals surface area contributed by atoms with E-state index in [0.29, 0.717) is 22.0 Å². The molecule has 0 heterocycles. The van der Waals surface area contributed by atoms with Gasteiger partial charge in [0.2, 0.25) is 0 Å². The Balaban J connectivity index is 2.03. The first-order valence-electron chi connectivity index (χ1n) is 6.84. The lowest BCUT2D eigenvalue weighted by Crippen LogP contribution is -2.24. The summed E-state index contributed by atoms with van der Waals surface area (Å²) in [4.78, 5) is 11.9. The highest BCUT2D eigenvalue weighted by Crippen LogP contribution is 2.30. The minimum Gasteiger partial charge on any atom is -0.495 e. The van der Waals surface area contributed by atoms with Crippen molar-refractivity contribution in [2.75, 3.05) is 12.4 Å². The maximum Gasteiger partial charge on any atom is 0.323 e. The largest absolute Gasteiger partial charge is 0.495 e. The van der Waals surface area contributed by atoms with Crippen LogP contribution < -0.4 is 15.4 Å². The van der Waals surface area contributed by atoms with Crippen LogP contribution in [0.15, 0.2) is 42.6 Å². The number of hydrogen-bond donors (Lipinski definition) is 2. The van der Waals surface area contributed by atoms with Crippen LogP contribution in [0.5, 0.6) is 5.75 Å². The van der Waals surface area contributed by atoms with Crippen molar-refractivity contribution in [2.45, 2.75) is 6.92 Å². The summed E-state index contributed by atoms with van der Waals surface area (Å²) in [5, 5.41) is 5.71. The van der Waals surface area contributed by atoms with E-state index in [-0.39, 0.29) is 5.82 Å². The summed E-state index contributed by atoms with van der Waals surface area (Å²) in [6.07, 6.45) is 2.84. The number of methoxy groups -OCH3 is 1. The number of hydrogen-bond acceptors (Lipinski definition) is 2. The molecule has 2 N–H and O–H groups in total. The predicted octanol–water partition coefficient (Wildman–Crippen LogP) is 4.59. The molecule has 0 aromatic heterocycles. The summed E-state index contributed by atoms with van der Waals surface area (Å²) in [5.41, 5.74) is 1.68. The van der Waals surface area contributed by atoms with Crippen molar-refractivity contribution in [3.63, 3.8) is 0 Å². The van der Waals surface area contributed by atoms with Gasteiger partial charge in [-0.05, 0) is 30.7 Å². The van der Waals surface area contributed by atoms with Gasteiger partial charge < -0.3 is 15.4 Å². The number of carbonyl (C=O) groups excluding carboxylic acids is 1. The van der Waals surface area contributed by atoms with Gasteiger partial charge in [0.15, 0.2) is 0 Å². The van der Waals surface area contributed by atoms with E-state index in [0.717, 1.165) is 5.56 Å². The molecule has 0 aliphatic carbocycles. The van der Waals surface area contributed by atoms with Gasteiger partial charge in [0.1, 0.15) is 11.6 Å². The van der Waals surface area contributed by atoms with Gasteiger partial charge in [-0.15, -0.1) is 0 Å². The van der Waals surface area contributed by atoms with Crippen molar-refractivity contribution >= 4 is 29.4 Å². The van der Waals surface area contributed by atoms with Gasteiger partial charge in [0.05, 0.1) is 12.8 Å². The molecule has 0 fully saturated rings. The maximum atomic E-state index is 13.4. The molecule has 0 spiro atoms. The first-order valence-corrected chi connectivity index (χ1v) is 7.22. The van der Waals surface area contributed by atoms with E-state index in [1.54, 1.807) is 30.3 Å². The molecule has 23 heavy (non-hydrogen) atoms. The molecule has 6 heteroatoms. The normalized spacial score (nSPS) is 10.6. The van der Waals surface area contributed by atoms with Crippen LogP contribution in [-0.2, 0) is 0 Å². The van der Waals surface area contributed by atoms with Gasteiger partial charge in [-0.2, -0.15) is 0 Å². The van der Waals surface area contributed by atoms with E-state index in [1.807, 2.05) is 6.92 Å². The van der Waals surface area contributed by atoms with E-state index >= 15 is 0 Å². The lowest BCUT2D eigenvalue weighted by atomic mass is 10.2. The molecule has 0 unspecified atom stereocenters. The highest BCUT2D eigenvalue weighted by molar-refractivity contribution is 6.31. The lowest BCUT2D eigenvalue weighted by Gasteiger charge is -2.12. The van der Waals surface area contributed by atoms with Crippen LogP contribution in [0.4, 0.5) is 14.9 Å². The zero-order chi connectivity index (χ0) is 16.8. The lowest BCUT2D eigenvalue weighted by molar-refractivity contribution is 0.255. The number of anilines is 1. The van der Waals surface area contributed by atoms with Crippen molar-refractivity contribution in [1.29, 1.82) is 0 Å². The Bertz CT molecular complexity index is 747. The molecule has 0 aliphatic heterocycles. The number of urea groups is 1. The van der Waals surface area contributed by atoms with Crippen molar-refractivity contribution < 1.29 is 13.9 Å². The number of rotatable bonds is 4. The van der Waals surface area contributed by atoms with E-state index in [1.165, 1.54) is 25.5 Å². The zero-order valence-corrected chi connectivity index (χ0v) is 13.4. The molecule has 2 rings (SSSR count). The molecule has 2 aromatic carbocycles. The van der Waals surface area contributed by atoms with Crippen LogP contribution in [0, 0.1) is 12.7 Å². The monoisotopic (exact) mass is 334 g/mol. The summed E-state index contributed by atoms with van der Waals surface area (Å²) in [6, 6.07) is 9.13. The summed E-state index contributed by atoms with van der Waals surface area (Å²) in [7, 11) is 1.49. The standard InChI is InChI=1S/C17H16ClFN2O2/c1-11-9-15(16(23-2)10-13(11)18)21-17(22)20-8-7-12-5-3-4-6-14(12)19/h3-10H,1-2H3,(H2,20,21,22)/b8-7+. The van der Waals surface area contributed by atoms with Crippen LogP contribution in [-0.4, -0.2) is 13.1 Å². The maximum absolute atomic E-state index is 13.4. The van der Waals surface area contributed by atoms with Crippen molar-refractivity contribution in [3.05, 3.63) is 64.6 Å². The second-order valence-corrected chi connectivity index (χ2v) is 5.16. The number of aryl methyl sites for hydroxylation is 1. The molecule has 2 amide bonds. The second-order valence-electron chi connectivity index (χ2n) is 4.75. The quantitative estimate of drug-likeness (QED) is 0.859. The Hall–Kier alpha value is -2.53. The molecule has 120 valence electrons. The molecule has 0 aliphatic rings. The Morgan fingerprint density at radius 3 is 2.74 bits per heavy atom. The summed E-state index contributed by atoms with van der Waals surface area (Å²) in [6.45, 7) is 1.82. The van der Waals surface area contributed by atoms with Crippen molar-refractivity contribution in [2.24, 2.45) is 0 Å². The molecular weight excluding hydrogens is 319 g/mol. The fraction of sp³-hybridized carbons (Fsp3) is 0.118. The molecule has 0 saturated carbocycles. The van der Waals surface area contributed by atoms with Gasteiger partial charge in [-0.1, -0.05) is 29.8 Å². The molecular formula is C17H16ClFN2O2. The van der Waals surface area contributed by atoms with Crippen LogP contribution in [0.1, 0.15) is 11.1 Å². The van der Waals surface area contributed by atoms with Crippen molar-refractivity contribution in [3.8, 4) is 5.75 Å². The Kier molecular flexibility index (Phi) is 5.60. The van der Waals surface area contributed by atoms with Crippen LogP contribution >= 0.6 is 11.6 Å². The SMILES string of the molecule is COc1cc(Cl)c(C)cc1NC(=O)N/C=C/c1ccccc1F. The van der Waals surface area contributed by atoms with Crippen LogP contribution in [0.25, 0.3) is 6.08 Å². The molecule has 0 saturated heterocycles. The summed E-state index contributed by atoms with van der Waals surface area (Å²) in [5.74, 6) is 0.0924. The topological polar surface area (TPSA) is 50.4 Å². The van der Waals surface area contributed by atoms with Crippen LogP contribution in [0.3, 0.4) is 0 Å². The van der Waals surface area contributed by atoms with E-state index < -0.39 is 6.03 Å². The summed E-state index contributed by atoms with van der Waals surface area (Å²) < 4.78 is 18.6. The molecule has 0 atom stereocenters. The number of halogens is 2.